The molecule has 100 heavy (non-hydrogen) atoms. The molecule has 4 amide bonds. The smallest absolute Gasteiger partial charge is 0.338 e. The fourth-order valence-corrected chi connectivity index (χ4v) is 10.5. The van der Waals surface area contributed by atoms with Gasteiger partial charge in [-0.3, -0.25) is 67.8 Å². The van der Waals surface area contributed by atoms with Crippen molar-refractivity contribution in [2.45, 2.75) is 133 Å². The summed E-state index contributed by atoms with van der Waals surface area (Å²) >= 11 is 10.8. The van der Waals surface area contributed by atoms with Crippen LogP contribution in [0.1, 0.15) is 131 Å². The van der Waals surface area contributed by atoms with Crippen molar-refractivity contribution in [2.24, 2.45) is 0 Å². The van der Waals surface area contributed by atoms with Gasteiger partial charge in [-0.25, -0.2) is 9.59 Å². The third kappa shape index (κ3) is 38.4. The second-order valence-corrected chi connectivity index (χ2v) is 28.9. The Labute approximate surface area is 602 Å². The molecule has 0 saturated carbocycles. The number of alkyl halides is 2. The monoisotopic (exact) mass is 1450 g/mol. The summed E-state index contributed by atoms with van der Waals surface area (Å²) in [4.78, 5) is 145. The van der Waals surface area contributed by atoms with E-state index in [4.69, 9.17) is 51.6 Å². The molecule has 28 nitrogen and oxygen atoms in total. The fraction of sp³-hybridized carbons (Fsp3) is 0.686. The third-order valence-electron chi connectivity index (χ3n) is 14.8. The van der Waals surface area contributed by atoms with Gasteiger partial charge in [0, 0.05) is 127 Å². The van der Waals surface area contributed by atoms with Gasteiger partial charge in [-0.05, 0) is 146 Å². The van der Waals surface area contributed by atoms with Crippen LogP contribution in [0.5, 0.6) is 0 Å². The fourth-order valence-electron chi connectivity index (χ4n) is 10.4. The van der Waals surface area contributed by atoms with E-state index in [2.05, 4.69) is 54.7 Å². The Kier molecular flexibility index (Phi) is 38.0. The van der Waals surface area contributed by atoms with E-state index in [1.165, 1.54) is 30.3 Å². The van der Waals surface area contributed by atoms with Gasteiger partial charge in [0.05, 0.1) is 63.6 Å². The van der Waals surface area contributed by atoms with Gasteiger partial charge in [0.2, 0.25) is 23.6 Å². The molecule has 0 aliphatic carbocycles. The Morgan fingerprint density at radius 2 is 0.520 bits per heavy atom. The van der Waals surface area contributed by atoms with E-state index in [0.29, 0.717) is 116 Å². The Morgan fingerprint density at radius 1 is 0.320 bits per heavy atom. The molecular weight excluding hydrogens is 1340 g/mol. The van der Waals surface area contributed by atoms with Crippen LogP contribution in [0.25, 0.3) is 0 Å². The van der Waals surface area contributed by atoms with Crippen molar-refractivity contribution in [1.29, 1.82) is 0 Å². The highest BCUT2D eigenvalue weighted by molar-refractivity contribution is 6.29. The highest BCUT2D eigenvalue weighted by Gasteiger charge is 2.28. The lowest BCUT2D eigenvalue weighted by atomic mass is 10.1. The molecule has 2 aliphatic heterocycles. The van der Waals surface area contributed by atoms with E-state index in [-0.39, 0.29) is 122 Å². The van der Waals surface area contributed by atoms with Crippen molar-refractivity contribution in [1.82, 2.24) is 39.2 Å². The van der Waals surface area contributed by atoms with Crippen molar-refractivity contribution in [3.8, 4) is 0 Å². The van der Waals surface area contributed by atoms with E-state index >= 15 is 0 Å². The number of carbonyl (C=O) groups excluding carboxylic acids is 10. The van der Waals surface area contributed by atoms with Crippen molar-refractivity contribution in [3.05, 3.63) is 47.5 Å². The SMILES string of the molecule is CCOC(=O)c1cc(NC(=O)CCl)cc(NC(=O)CCl)c1.CCOC(=O)c1cc(NC(=O)CN2CCN(CC)CCN(CC(=O)OC(C)(C)C)CCN(CC(=O)OC(C)(C)C)CC2)cc(NC(=O)CN2CCN(CC)CCN(CC(=O)OC(C)(C)C)CCN(CC(=O)OC(C)(C)C)CC2)c1. The molecule has 0 unspecified atom stereocenters. The van der Waals surface area contributed by atoms with Gasteiger partial charge in [0.1, 0.15) is 34.2 Å². The molecule has 0 spiro atoms. The largest absolute Gasteiger partial charge is 0.462 e. The molecule has 0 bridgehead atoms. The van der Waals surface area contributed by atoms with Crippen molar-refractivity contribution < 1.29 is 76.4 Å². The van der Waals surface area contributed by atoms with E-state index in [1.54, 1.807) is 19.9 Å². The van der Waals surface area contributed by atoms with Gasteiger partial charge in [-0.15, -0.1) is 23.2 Å². The molecule has 2 heterocycles. The van der Waals surface area contributed by atoms with Gasteiger partial charge < -0.3 is 59.5 Å². The number of benzene rings is 2. The number of amides is 4. The van der Waals surface area contributed by atoms with E-state index in [0.717, 1.165) is 13.1 Å². The van der Waals surface area contributed by atoms with E-state index in [9.17, 15) is 47.9 Å². The number of hydrogen-bond acceptors (Lipinski definition) is 24. The number of hydrogen-bond donors (Lipinski definition) is 4. The molecule has 0 aromatic heterocycles. The number of nitrogens with one attached hydrogen (secondary N) is 4. The summed E-state index contributed by atoms with van der Waals surface area (Å²) in [6.45, 7) is 40.0. The van der Waals surface area contributed by atoms with Crippen LogP contribution in [0, 0.1) is 0 Å². The molecule has 30 heteroatoms. The Bertz CT molecular complexity index is 2820. The molecule has 0 atom stereocenters. The maximum Gasteiger partial charge on any atom is 0.338 e. The molecule has 0 radical (unpaired) electrons. The zero-order valence-electron chi connectivity index (χ0n) is 62.1. The molecule has 2 saturated heterocycles. The summed E-state index contributed by atoms with van der Waals surface area (Å²) in [6, 6.07) is 9.00. The zero-order valence-corrected chi connectivity index (χ0v) is 63.6. The molecule has 2 fully saturated rings. The van der Waals surface area contributed by atoms with Crippen LogP contribution in [0.2, 0.25) is 0 Å². The minimum Gasteiger partial charge on any atom is -0.462 e. The predicted molar refractivity (Wildman–Crippen MR) is 387 cm³/mol. The van der Waals surface area contributed by atoms with Crippen molar-refractivity contribution in [3.63, 3.8) is 0 Å². The highest BCUT2D eigenvalue weighted by atomic mass is 35.5. The standard InChI is InChI=1S/C57H100N10O12.C13H14Cl2N2O4/c1-16-60-19-23-62(27-29-66(42-51(72)78-56(10,11)12)33-31-64(25-21-60)40-49(70)76-54(4,5)6)38-47(68)58-45-35-44(53(74)75-18-3)36-46(37-45)59-48(69)39-63-24-20-61(17-2)22-26-65(41-50(71)77-55(7,8)9)32-34-67(30-28-63)43-52(73)79-57(13,14)15;1-2-21-13(20)8-3-9(16-11(18)6-14)5-10(4-8)17-12(19)7-15/h35-37H,16-34,38-43H2,1-15H3,(H,58,68)(H,59,69);3-5H,2,6-7H2,1H3,(H,16,18)(H,17,19). The van der Waals surface area contributed by atoms with Gasteiger partial charge in [-0.2, -0.15) is 0 Å². The third-order valence-corrected chi connectivity index (χ3v) is 15.3. The number of halogens is 2. The van der Waals surface area contributed by atoms with E-state index < -0.39 is 46.2 Å². The molecule has 564 valence electrons. The second kappa shape index (κ2) is 43.4. The van der Waals surface area contributed by atoms with Crippen LogP contribution in [0.4, 0.5) is 22.7 Å². The normalized spacial score (nSPS) is 16.4. The quantitative estimate of drug-likeness (QED) is 0.0548. The Balaban J connectivity index is 0.00000105. The average Bonchev–Trinajstić information content (AvgIpc) is 0.847. The minimum atomic E-state index is -0.679. The summed E-state index contributed by atoms with van der Waals surface area (Å²) in [5.41, 5.74) is -1.07. The predicted octanol–water partition coefficient (Wildman–Crippen LogP) is 5.81. The first-order valence-electron chi connectivity index (χ1n) is 34.4. The van der Waals surface area contributed by atoms with Crippen molar-refractivity contribution >= 4 is 105 Å². The van der Waals surface area contributed by atoms with Gasteiger partial charge in [-0.1, -0.05) is 13.8 Å². The minimum absolute atomic E-state index is 0.00954. The van der Waals surface area contributed by atoms with Crippen LogP contribution >= 0.6 is 23.2 Å². The van der Waals surface area contributed by atoms with E-state index in [1.807, 2.05) is 103 Å². The van der Waals surface area contributed by atoms with Crippen LogP contribution in [-0.4, -0.2) is 303 Å². The Hall–Kier alpha value is -6.60. The molecule has 4 N–H and O–H groups in total. The first-order chi connectivity index (χ1) is 46.8. The van der Waals surface area contributed by atoms with Crippen LogP contribution in [0.3, 0.4) is 0 Å². The van der Waals surface area contributed by atoms with Gasteiger partial charge >= 0.3 is 35.8 Å². The van der Waals surface area contributed by atoms with Gasteiger partial charge in [0.15, 0.2) is 0 Å². The number of nitrogens with zero attached hydrogens (tertiary/aromatic N) is 8. The van der Waals surface area contributed by atoms with Gasteiger partial charge in [0.25, 0.3) is 0 Å². The lowest BCUT2D eigenvalue weighted by Gasteiger charge is -2.34. The summed E-state index contributed by atoms with van der Waals surface area (Å²) < 4.78 is 33.0. The number of likely N-dealkylation sites (N-methyl/N-ethyl adjacent to an activating group) is 2. The highest BCUT2D eigenvalue weighted by Crippen LogP contribution is 2.23. The lowest BCUT2D eigenvalue weighted by molar-refractivity contribution is -0.158. The molecule has 4 rings (SSSR count). The molecule has 2 aliphatic rings. The average molecular weight is 1450 g/mol. The van der Waals surface area contributed by atoms with Crippen LogP contribution < -0.4 is 21.3 Å². The number of carbonyl (C=O) groups is 10. The summed E-state index contributed by atoms with van der Waals surface area (Å²) in [7, 11) is 0. The topological polar surface area (TPSA) is 300 Å². The zero-order chi connectivity index (χ0) is 75.0. The second-order valence-electron chi connectivity index (χ2n) is 28.4. The Morgan fingerprint density at radius 3 is 0.710 bits per heavy atom. The van der Waals surface area contributed by atoms with Crippen molar-refractivity contribution in [2.75, 3.05) is 203 Å². The summed E-state index contributed by atoms with van der Waals surface area (Å²) in [5.74, 6) is -4.60. The number of rotatable bonds is 24. The van der Waals surface area contributed by atoms with Crippen LogP contribution in [0.15, 0.2) is 36.4 Å². The van der Waals surface area contributed by atoms with Crippen LogP contribution in [-0.2, 0) is 66.8 Å². The first-order valence-corrected chi connectivity index (χ1v) is 35.5. The maximum atomic E-state index is 14.1. The molecule has 2 aromatic rings. The molecule has 2 aromatic carbocycles. The summed E-state index contributed by atoms with van der Waals surface area (Å²) in [5, 5.41) is 10.9. The number of ether oxygens (including phenoxy) is 6. The number of anilines is 4. The first kappa shape index (κ1) is 87.6. The number of esters is 6. The lowest BCUT2D eigenvalue weighted by Crippen LogP contribution is -2.49. The summed E-state index contributed by atoms with van der Waals surface area (Å²) in [6.07, 6.45) is 0. The maximum absolute atomic E-state index is 14.1. The molecular formula is C70H114Cl2N12O16.